The standard InChI is InChI=1S/C36H37NO7S/c1-38-28-16-14-24(12-13-25-21-32(40-3)35(42-5)33(22-25)41-4)20-30(28)43-18-8-9-19-44-31-23-26(15-17-29(31)39-2)36-37-27-10-6-7-11-34(27)45-36/h6-7,10-17,20-23H,8-9,18-19H2,1-5H3. The zero-order valence-electron chi connectivity index (χ0n) is 26.1. The summed E-state index contributed by atoms with van der Waals surface area (Å²) < 4.78 is 40.9. The average Bonchev–Trinajstić information content (AvgIpc) is 3.52. The molecule has 0 bridgehead atoms. The third-order valence-corrected chi connectivity index (χ3v) is 8.19. The van der Waals surface area contributed by atoms with Gasteiger partial charge in [0, 0.05) is 5.56 Å². The van der Waals surface area contributed by atoms with Gasteiger partial charge in [0.15, 0.2) is 34.5 Å². The van der Waals surface area contributed by atoms with Crippen LogP contribution in [-0.4, -0.2) is 53.7 Å². The summed E-state index contributed by atoms with van der Waals surface area (Å²) in [5.74, 6) is 4.49. The molecular weight excluding hydrogens is 590 g/mol. The Morgan fingerprint density at radius 3 is 1.78 bits per heavy atom. The molecule has 0 atom stereocenters. The molecule has 0 amide bonds. The van der Waals surface area contributed by atoms with Crippen LogP contribution in [0.1, 0.15) is 24.0 Å². The zero-order chi connectivity index (χ0) is 31.6. The van der Waals surface area contributed by atoms with Crippen molar-refractivity contribution in [1.82, 2.24) is 4.98 Å². The minimum absolute atomic E-state index is 0.517. The van der Waals surface area contributed by atoms with Gasteiger partial charge >= 0.3 is 0 Å². The topological polar surface area (TPSA) is 77.5 Å². The third-order valence-electron chi connectivity index (χ3n) is 7.10. The lowest BCUT2D eigenvalue weighted by atomic mass is 10.1. The Bertz CT molecular complexity index is 1710. The van der Waals surface area contributed by atoms with Crippen LogP contribution in [0.25, 0.3) is 32.9 Å². The number of hydrogen-bond acceptors (Lipinski definition) is 9. The van der Waals surface area contributed by atoms with E-state index in [9.17, 15) is 0 Å². The number of rotatable bonds is 15. The van der Waals surface area contributed by atoms with E-state index in [1.165, 1.54) is 0 Å². The smallest absolute Gasteiger partial charge is 0.203 e. The summed E-state index contributed by atoms with van der Waals surface area (Å²) in [7, 11) is 8.07. The molecule has 8 nitrogen and oxygen atoms in total. The van der Waals surface area contributed by atoms with E-state index in [0.29, 0.717) is 53.5 Å². The van der Waals surface area contributed by atoms with Crippen LogP contribution >= 0.6 is 11.3 Å². The highest BCUT2D eigenvalue weighted by Crippen LogP contribution is 2.39. The molecule has 1 heterocycles. The van der Waals surface area contributed by atoms with Crippen molar-refractivity contribution < 1.29 is 33.2 Å². The highest BCUT2D eigenvalue weighted by molar-refractivity contribution is 7.21. The fourth-order valence-electron chi connectivity index (χ4n) is 4.79. The second-order valence-corrected chi connectivity index (χ2v) is 11.0. The summed E-state index contributed by atoms with van der Waals surface area (Å²) in [6.07, 6.45) is 5.58. The van der Waals surface area contributed by atoms with Gasteiger partial charge in [0.25, 0.3) is 0 Å². The highest BCUT2D eigenvalue weighted by Gasteiger charge is 2.13. The lowest BCUT2D eigenvalue weighted by Gasteiger charge is -2.13. The van der Waals surface area contributed by atoms with Gasteiger partial charge in [-0.25, -0.2) is 4.98 Å². The third kappa shape index (κ3) is 7.61. The van der Waals surface area contributed by atoms with Gasteiger partial charge < -0.3 is 33.2 Å². The lowest BCUT2D eigenvalue weighted by Crippen LogP contribution is -2.04. The molecule has 234 valence electrons. The van der Waals surface area contributed by atoms with Crippen molar-refractivity contribution in [3.63, 3.8) is 0 Å². The predicted octanol–water partition coefficient (Wildman–Crippen LogP) is 8.41. The molecule has 9 heteroatoms. The van der Waals surface area contributed by atoms with Gasteiger partial charge in [0.2, 0.25) is 5.75 Å². The monoisotopic (exact) mass is 627 g/mol. The summed E-state index contributed by atoms with van der Waals surface area (Å²) in [4.78, 5) is 4.77. The zero-order valence-corrected chi connectivity index (χ0v) is 26.9. The van der Waals surface area contributed by atoms with Crippen LogP contribution in [0, 0.1) is 0 Å². The molecule has 5 rings (SSSR count). The van der Waals surface area contributed by atoms with E-state index in [2.05, 4.69) is 6.07 Å². The second kappa shape index (κ2) is 15.2. The number of benzene rings is 4. The number of methoxy groups -OCH3 is 5. The summed E-state index contributed by atoms with van der Waals surface area (Å²) in [5.41, 5.74) is 3.86. The molecule has 0 radical (unpaired) electrons. The minimum atomic E-state index is 0.517. The van der Waals surface area contributed by atoms with E-state index >= 15 is 0 Å². The summed E-state index contributed by atoms with van der Waals surface area (Å²) in [5, 5.41) is 0.951. The largest absolute Gasteiger partial charge is 0.493 e. The van der Waals surface area contributed by atoms with Crippen LogP contribution < -0.4 is 33.2 Å². The summed E-state index contributed by atoms with van der Waals surface area (Å²) >= 11 is 1.66. The van der Waals surface area contributed by atoms with E-state index in [1.54, 1.807) is 46.9 Å². The Balaban J connectivity index is 1.17. The van der Waals surface area contributed by atoms with E-state index in [1.807, 2.05) is 78.9 Å². The van der Waals surface area contributed by atoms with Gasteiger partial charge in [-0.2, -0.15) is 0 Å². The van der Waals surface area contributed by atoms with Crippen molar-refractivity contribution in [2.45, 2.75) is 12.8 Å². The maximum atomic E-state index is 6.14. The van der Waals surface area contributed by atoms with Crippen LogP contribution in [0.2, 0.25) is 0 Å². The van der Waals surface area contributed by atoms with E-state index in [-0.39, 0.29) is 0 Å². The van der Waals surface area contributed by atoms with Gasteiger partial charge in [0.1, 0.15) is 5.01 Å². The van der Waals surface area contributed by atoms with Crippen LogP contribution in [0.4, 0.5) is 0 Å². The molecule has 45 heavy (non-hydrogen) atoms. The minimum Gasteiger partial charge on any atom is -0.493 e. The molecule has 0 aliphatic carbocycles. The van der Waals surface area contributed by atoms with Crippen LogP contribution in [0.3, 0.4) is 0 Å². The number of para-hydroxylation sites is 1. The van der Waals surface area contributed by atoms with Gasteiger partial charge in [-0.1, -0.05) is 30.4 Å². The van der Waals surface area contributed by atoms with Gasteiger partial charge in [-0.05, 0) is 78.6 Å². The Kier molecular flexibility index (Phi) is 10.7. The molecule has 0 saturated carbocycles. The molecule has 0 aliphatic heterocycles. The van der Waals surface area contributed by atoms with Gasteiger partial charge in [-0.3, -0.25) is 0 Å². The predicted molar refractivity (Wildman–Crippen MR) is 180 cm³/mol. The molecule has 5 aromatic rings. The number of thiazole rings is 1. The number of unbranched alkanes of at least 4 members (excludes halogenated alkanes) is 1. The van der Waals surface area contributed by atoms with Crippen molar-refractivity contribution in [3.8, 4) is 50.8 Å². The van der Waals surface area contributed by atoms with Crippen molar-refractivity contribution in [2.24, 2.45) is 0 Å². The number of nitrogens with zero attached hydrogens (tertiary/aromatic N) is 1. The van der Waals surface area contributed by atoms with E-state index in [0.717, 1.165) is 44.8 Å². The second-order valence-electron chi connectivity index (χ2n) is 9.96. The van der Waals surface area contributed by atoms with Crippen LogP contribution in [0.15, 0.2) is 72.8 Å². The Morgan fingerprint density at radius 2 is 1.16 bits per heavy atom. The molecule has 0 aliphatic rings. The SMILES string of the molecule is COc1ccc(C=Cc2cc(OC)c(OC)c(OC)c2)cc1OCCCCOc1cc(-c2nc3ccccc3s2)ccc1OC. The lowest BCUT2D eigenvalue weighted by molar-refractivity contribution is 0.252. The first kappa shape index (κ1) is 31.5. The molecule has 0 N–H and O–H groups in total. The molecule has 1 aromatic heterocycles. The van der Waals surface area contributed by atoms with Crippen molar-refractivity contribution >= 4 is 33.7 Å². The number of aromatic nitrogens is 1. The fraction of sp³-hybridized carbons (Fsp3) is 0.250. The normalized spacial score (nSPS) is 11.0. The summed E-state index contributed by atoms with van der Waals surface area (Å²) in [6.45, 7) is 1.04. The molecule has 0 spiro atoms. The maximum absolute atomic E-state index is 6.14. The Morgan fingerprint density at radius 1 is 0.578 bits per heavy atom. The number of ether oxygens (including phenoxy) is 7. The van der Waals surface area contributed by atoms with Gasteiger partial charge in [0.05, 0.1) is 59.0 Å². The van der Waals surface area contributed by atoms with Crippen molar-refractivity contribution in [3.05, 3.63) is 83.9 Å². The van der Waals surface area contributed by atoms with E-state index in [4.69, 9.17) is 38.1 Å². The molecular formula is C36H37NO7S. The average molecular weight is 628 g/mol. The Hall–Kier alpha value is -4.89. The first-order valence-electron chi connectivity index (χ1n) is 14.5. The quantitative estimate of drug-likeness (QED) is 0.0846. The van der Waals surface area contributed by atoms with E-state index < -0.39 is 0 Å². The van der Waals surface area contributed by atoms with Crippen LogP contribution in [-0.2, 0) is 0 Å². The Labute approximate surface area is 267 Å². The van der Waals surface area contributed by atoms with Crippen molar-refractivity contribution in [1.29, 1.82) is 0 Å². The highest BCUT2D eigenvalue weighted by atomic mass is 32.1. The first-order chi connectivity index (χ1) is 22.1. The summed E-state index contributed by atoms with van der Waals surface area (Å²) in [6, 6.07) is 23.7. The fourth-order valence-corrected chi connectivity index (χ4v) is 5.75. The first-order valence-corrected chi connectivity index (χ1v) is 15.3. The van der Waals surface area contributed by atoms with Crippen molar-refractivity contribution in [2.75, 3.05) is 48.8 Å². The number of fused-ring (bicyclic) bond motifs is 1. The maximum Gasteiger partial charge on any atom is 0.203 e. The van der Waals surface area contributed by atoms with Crippen LogP contribution in [0.5, 0.6) is 40.2 Å². The number of hydrogen-bond donors (Lipinski definition) is 0. The molecule has 0 saturated heterocycles. The molecule has 0 unspecified atom stereocenters. The molecule has 4 aromatic carbocycles. The van der Waals surface area contributed by atoms with Gasteiger partial charge in [-0.15, -0.1) is 11.3 Å². The molecule has 0 fully saturated rings.